The van der Waals surface area contributed by atoms with Gasteiger partial charge in [0.2, 0.25) is 5.91 Å². The fourth-order valence-electron chi connectivity index (χ4n) is 6.60. The number of unbranched alkanes of at least 4 members (excludes halogenated alkanes) is 1. The number of rotatable bonds is 7. The highest BCUT2D eigenvalue weighted by Gasteiger charge is 2.37. The van der Waals surface area contributed by atoms with Crippen molar-refractivity contribution in [1.82, 2.24) is 9.47 Å². The third-order valence-corrected chi connectivity index (χ3v) is 8.10. The van der Waals surface area contributed by atoms with Crippen molar-refractivity contribution >= 4 is 22.5 Å². The zero-order valence-electron chi connectivity index (χ0n) is 19.2. The van der Waals surface area contributed by atoms with E-state index in [1.807, 2.05) is 6.07 Å². The van der Waals surface area contributed by atoms with E-state index in [1.54, 1.807) is 0 Å². The summed E-state index contributed by atoms with van der Waals surface area (Å²) >= 11 is 0. The van der Waals surface area contributed by atoms with Gasteiger partial charge in [0.25, 0.3) is 0 Å². The molecule has 0 bridgehead atoms. The maximum absolute atomic E-state index is 12.4. The number of nitrogens with zero attached hydrogens (tertiary/aromatic N) is 2. The van der Waals surface area contributed by atoms with Crippen LogP contribution in [-0.2, 0) is 30.7 Å². The van der Waals surface area contributed by atoms with Crippen molar-refractivity contribution < 1.29 is 9.90 Å². The van der Waals surface area contributed by atoms with Gasteiger partial charge >= 0.3 is 0 Å². The van der Waals surface area contributed by atoms with Gasteiger partial charge < -0.3 is 15.0 Å². The fourth-order valence-corrected chi connectivity index (χ4v) is 6.60. The first-order chi connectivity index (χ1) is 16.2. The molecule has 2 aromatic carbocycles. The number of aromatic nitrogens is 1. The molecule has 1 amide bonds. The molecule has 2 atom stereocenters. The van der Waals surface area contributed by atoms with Gasteiger partial charge in [-0.3, -0.25) is 9.69 Å². The SMILES string of the molecule is O=C1Nc2cccc3c2C1CC(CCCCN1CCc2c(n(CCO)c4ccccc24)C1)C3. The van der Waals surface area contributed by atoms with Gasteiger partial charge in [-0.25, -0.2) is 0 Å². The molecule has 2 unspecified atom stereocenters. The number of hydrogen-bond acceptors (Lipinski definition) is 3. The van der Waals surface area contributed by atoms with Gasteiger partial charge in [-0.15, -0.1) is 0 Å². The minimum atomic E-state index is 0.0731. The predicted molar refractivity (Wildman–Crippen MR) is 131 cm³/mol. The summed E-state index contributed by atoms with van der Waals surface area (Å²) in [6.07, 6.45) is 6.84. The molecule has 6 rings (SSSR count). The lowest BCUT2D eigenvalue weighted by molar-refractivity contribution is -0.117. The van der Waals surface area contributed by atoms with Crippen molar-refractivity contribution in [2.75, 3.05) is 25.0 Å². The minimum absolute atomic E-state index is 0.0731. The van der Waals surface area contributed by atoms with Crippen molar-refractivity contribution in [3.8, 4) is 0 Å². The molecule has 0 spiro atoms. The lowest BCUT2D eigenvalue weighted by Crippen LogP contribution is -2.32. The van der Waals surface area contributed by atoms with Crippen LogP contribution < -0.4 is 5.32 Å². The fraction of sp³-hybridized carbons (Fsp3) is 0.464. The monoisotopic (exact) mass is 443 g/mol. The van der Waals surface area contributed by atoms with Gasteiger partial charge in [-0.05, 0) is 67.0 Å². The average Bonchev–Trinajstić information content (AvgIpc) is 3.33. The number of benzene rings is 2. The van der Waals surface area contributed by atoms with Crippen LogP contribution in [0.4, 0.5) is 5.69 Å². The minimum Gasteiger partial charge on any atom is -0.395 e. The van der Waals surface area contributed by atoms with Crippen LogP contribution in [0.3, 0.4) is 0 Å². The highest BCUT2D eigenvalue weighted by molar-refractivity contribution is 6.03. The summed E-state index contributed by atoms with van der Waals surface area (Å²) in [4.78, 5) is 15.0. The Bertz CT molecular complexity index is 1200. The number of fused-ring (bicyclic) bond motifs is 3. The number of anilines is 1. The van der Waals surface area contributed by atoms with Gasteiger partial charge in [0.15, 0.2) is 0 Å². The van der Waals surface area contributed by atoms with Crippen LogP contribution in [0.25, 0.3) is 10.9 Å². The lowest BCUT2D eigenvalue weighted by Gasteiger charge is -2.29. The largest absolute Gasteiger partial charge is 0.395 e. The van der Waals surface area contributed by atoms with Crippen LogP contribution >= 0.6 is 0 Å². The molecule has 1 aromatic heterocycles. The maximum Gasteiger partial charge on any atom is 0.232 e. The predicted octanol–water partition coefficient (Wildman–Crippen LogP) is 4.46. The quantitative estimate of drug-likeness (QED) is 0.530. The van der Waals surface area contributed by atoms with Crippen LogP contribution in [0.2, 0.25) is 0 Å². The van der Waals surface area contributed by atoms with Gasteiger partial charge in [-0.2, -0.15) is 0 Å². The molecule has 0 radical (unpaired) electrons. The van der Waals surface area contributed by atoms with E-state index < -0.39 is 0 Å². The molecule has 1 aliphatic carbocycles. The van der Waals surface area contributed by atoms with Crippen molar-refractivity contribution in [3.05, 3.63) is 64.8 Å². The normalized spacial score (nSPS) is 21.8. The summed E-state index contributed by atoms with van der Waals surface area (Å²) in [7, 11) is 0. The van der Waals surface area contributed by atoms with Gasteiger partial charge in [0.1, 0.15) is 0 Å². The van der Waals surface area contributed by atoms with Gasteiger partial charge in [-0.1, -0.05) is 43.2 Å². The van der Waals surface area contributed by atoms with E-state index in [4.69, 9.17) is 0 Å². The van der Waals surface area contributed by atoms with Crippen LogP contribution in [0.1, 0.15) is 54.0 Å². The van der Waals surface area contributed by atoms with Crippen LogP contribution in [0, 0.1) is 5.92 Å². The molecular weight excluding hydrogens is 410 g/mol. The first-order valence-corrected chi connectivity index (χ1v) is 12.6. The van der Waals surface area contributed by atoms with Crippen molar-refractivity contribution in [2.24, 2.45) is 5.92 Å². The number of para-hydroxylation sites is 1. The second-order valence-electron chi connectivity index (χ2n) is 10.1. The van der Waals surface area contributed by atoms with E-state index in [0.29, 0.717) is 12.5 Å². The number of aliphatic hydroxyl groups is 1. The topological polar surface area (TPSA) is 57.5 Å². The molecule has 0 fully saturated rings. The summed E-state index contributed by atoms with van der Waals surface area (Å²) < 4.78 is 2.33. The summed E-state index contributed by atoms with van der Waals surface area (Å²) in [6, 6.07) is 15.0. The van der Waals surface area contributed by atoms with Gasteiger partial charge in [0.05, 0.1) is 12.5 Å². The first-order valence-electron chi connectivity index (χ1n) is 12.6. The molecule has 33 heavy (non-hydrogen) atoms. The second kappa shape index (κ2) is 8.62. The van der Waals surface area contributed by atoms with Crippen molar-refractivity contribution in [3.63, 3.8) is 0 Å². The number of carbonyl (C=O) groups excluding carboxylic acids is 1. The molecular formula is C28H33N3O2. The molecule has 3 aromatic rings. The standard InChI is InChI=1S/C28H33N3O2/c32-15-14-31-25-10-2-1-8-21(25)22-11-13-30(18-26(22)31)12-4-3-6-19-16-20-7-5-9-24-27(20)23(17-19)28(33)29-24/h1-2,5,7-10,19,23,32H,3-4,6,11-18H2,(H,29,33). The van der Waals surface area contributed by atoms with E-state index in [-0.39, 0.29) is 18.4 Å². The van der Waals surface area contributed by atoms with E-state index in [2.05, 4.69) is 51.2 Å². The number of aliphatic hydroxyl groups excluding tert-OH is 1. The number of nitrogens with one attached hydrogen (secondary N) is 1. The molecule has 3 aliphatic rings. The lowest BCUT2D eigenvalue weighted by atomic mass is 9.76. The average molecular weight is 444 g/mol. The van der Waals surface area contributed by atoms with E-state index in [0.717, 1.165) is 44.6 Å². The van der Waals surface area contributed by atoms with E-state index >= 15 is 0 Å². The van der Waals surface area contributed by atoms with Crippen molar-refractivity contribution in [1.29, 1.82) is 0 Å². The van der Waals surface area contributed by atoms with Crippen LogP contribution in [0.5, 0.6) is 0 Å². The highest BCUT2D eigenvalue weighted by Crippen LogP contribution is 2.45. The molecule has 5 heteroatoms. The number of carbonyl (C=O) groups is 1. The Morgan fingerprint density at radius 3 is 2.88 bits per heavy atom. The Kier molecular flexibility index (Phi) is 5.47. The third kappa shape index (κ3) is 3.68. The van der Waals surface area contributed by atoms with Crippen LogP contribution in [0.15, 0.2) is 42.5 Å². The van der Waals surface area contributed by atoms with Crippen molar-refractivity contribution in [2.45, 2.75) is 57.5 Å². The van der Waals surface area contributed by atoms with Crippen LogP contribution in [-0.4, -0.2) is 40.2 Å². The Morgan fingerprint density at radius 1 is 1.06 bits per heavy atom. The summed E-state index contributed by atoms with van der Waals surface area (Å²) in [5.41, 5.74) is 7.83. The smallest absolute Gasteiger partial charge is 0.232 e. The first kappa shape index (κ1) is 20.9. The molecule has 5 nitrogen and oxygen atoms in total. The second-order valence-corrected chi connectivity index (χ2v) is 10.1. The Labute approximate surface area is 195 Å². The summed E-state index contributed by atoms with van der Waals surface area (Å²) in [6.45, 7) is 4.06. The summed E-state index contributed by atoms with van der Waals surface area (Å²) in [5, 5.41) is 14.1. The van der Waals surface area contributed by atoms with E-state index in [1.165, 1.54) is 52.5 Å². The Hall–Kier alpha value is -2.63. The number of amides is 1. The maximum atomic E-state index is 12.4. The zero-order chi connectivity index (χ0) is 22.4. The Balaban J connectivity index is 1.06. The summed E-state index contributed by atoms with van der Waals surface area (Å²) in [5.74, 6) is 0.884. The van der Waals surface area contributed by atoms with Gasteiger partial charge in [0, 0.05) is 41.9 Å². The zero-order valence-corrected chi connectivity index (χ0v) is 19.2. The molecule has 0 saturated carbocycles. The molecule has 2 N–H and O–H groups in total. The third-order valence-electron chi connectivity index (χ3n) is 8.10. The Morgan fingerprint density at radius 2 is 1.97 bits per heavy atom. The molecule has 172 valence electrons. The molecule has 3 heterocycles. The highest BCUT2D eigenvalue weighted by atomic mass is 16.3. The number of hydrogen-bond donors (Lipinski definition) is 2. The molecule has 0 saturated heterocycles. The van der Waals surface area contributed by atoms with E-state index in [9.17, 15) is 9.90 Å². The molecule has 2 aliphatic heterocycles.